The van der Waals surface area contributed by atoms with E-state index in [0.29, 0.717) is 0 Å². The van der Waals surface area contributed by atoms with E-state index in [0.717, 1.165) is 0 Å². The summed E-state index contributed by atoms with van der Waals surface area (Å²) in [6.45, 7) is 14.2. The predicted molar refractivity (Wildman–Crippen MR) is 289 cm³/mol. The summed E-state index contributed by atoms with van der Waals surface area (Å²) in [5, 5.41) is 0. The molecule has 0 aliphatic rings. The first-order valence-electron chi connectivity index (χ1n) is 28.8. The Morgan fingerprint density at radius 1 is 0.308 bits per heavy atom. The van der Waals surface area contributed by atoms with Crippen LogP contribution in [0.2, 0.25) is 0 Å². The van der Waals surface area contributed by atoms with Crippen molar-refractivity contribution >= 4 is 24.2 Å². The maximum absolute atomic E-state index is 10.7. The second-order valence-electron chi connectivity index (χ2n) is 20.2. The molecule has 0 atom stereocenters. The summed E-state index contributed by atoms with van der Waals surface area (Å²) in [6.07, 6.45) is 70.2. The number of unbranched alkanes of at least 4 members (excludes halogenated alkanes) is 36. The van der Waals surface area contributed by atoms with E-state index in [2.05, 4.69) is 41.5 Å². The first-order valence-corrected chi connectivity index (χ1v) is 34.8. The van der Waals surface area contributed by atoms with Gasteiger partial charge in [0.15, 0.2) is 10.1 Å². The second-order valence-corrected chi connectivity index (χ2v) is 29.4. The minimum Gasteiger partial charge on any atom is -0.741 e. The zero-order valence-electron chi connectivity index (χ0n) is 44.5. The van der Waals surface area contributed by atoms with Crippen molar-refractivity contribution in [1.82, 2.24) is 4.17 Å². The Kier molecular flexibility index (Phi) is 49.7. The Labute approximate surface area is 406 Å². The van der Waals surface area contributed by atoms with Crippen molar-refractivity contribution in [1.29, 1.82) is 0 Å². The van der Waals surface area contributed by atoms with E-state index >= 15 is 0 Å². The quantitative estimate of drug-likeness (QED) is 0.0200. The summed E-state index contributed by atoms with van der Waals surface area (Å²) in [6, 6.07) is 0. The number of rotatable bonds is 48. The van der Waals surface area contributed by atoms with Crippen LogP contribution in [0.15, 0.2) is 0 Å². The molecule has 0 spiro atoms. The molecule has 0 aromatic rings. The lowest BCUT2D eigenvalue weighted by molar-refractivity contribution is -0.0517. The van der Waals surface area contributed by atoms with Crippen LogP contribution in [-0.2, 0) is 10.1 Å². The maximum atomic E-state index is 10.7. The standard InChI is InChI=1S/C54H114NP2.CHF3O3S/c1-7-13-19-25-31-37-43-49-56(50-44-38-32-26-20-14-8-2,51-45-39-33-27-21-15-9-3)55-57(52-46-40-34-28-22-16-10-4,53-47-41-35-29-23-17-11-5)54-48-42-36-30-24-18-12-6;2-1(3,4)8(5,6)7/h7-54H2,1-6H3;(H,5,6,7)/q+1;/p-1. The number of hydrogen-bond acceptors (Lipinski definition) is 3. The molecule has 0 rings (SSSR count). The molecule has 0 bridgehead atoms. The summed E-state index contributed by atoms with van der Waals surface area (Å²) >= 11 is 0. The van der Waals surface area contributed by atoms with E-state index in [1.165, 1.54) is 307 Å². The molecule has 0 saturated heterocycles. The van der Waals surface area contributed by atoms with Crippen molar-refractivity contribution in [3.63, 3.8) is 0 Å². The van der Waals surface area contributed by atoms with Gasteiger partial charge in [-0.1, -0.05) is 273 Å². The third kappa shape index (κ3) is 44.0. The average Bonchev–Trinajstić information content (AvgIpc) is 3.26. The zero-order valence-corrected chi connectivity index (χ0v) is 47.2. The Morgan fingerprint density at radius 2 is 0.431 bits per heavy atom. The van der Waals surface area contributed by atoms with Crippen LogP contribution >= 0.6 is 14.1 Å². The lowest BCUT2D eigenvalue weighted by atomic mass is 10.1. The first kappa shape index (κ1) is 67.3. The van der Waals surface area contributed by atoms with Crippen LogP contribution in [0.5, 0.6) is 0 Å². The number of halogens is 3. The monoisotopic (exact) mass is 988 g/mol. The number of nitrogens with zero attached hydrogens (tertiary/aromatic N) is 1. The molecule has 0 aliphatic carbocycles. The van der Waals surface area contributed by atoms with Gasteiger partial charge in [0, 0.05) is 37.0 Å². The molecular weight excluding hydrogens is 874 g/mol. The van der Waals surface area contributed by atoms with Gasteiger partial charge in [0.1, 0.15) is 0 Å². The van der Waals surface area contributed by atoms with Crippen LogP contribution in [0.1, 0.15) is 311 Å². The Hall–Kier alpha value is 0.270. The van der Waals surface area contributed by atoms with Crippen LogP contribution in [-0.4, -0.2) is 55.5 Å². The summed E-state index contributed by atoms with van der Waals surface area (Å²) in [5.41, 5.74) is -5.65. The predicted octanol–water partition coefficient (Wildman–Crippen LogP) is 21.0. The second kappa shape index (κ2) is 47.9. The Morgan fingerprint density at radius 3 is 0.554 bits per heavy atom. The van der Waals surface area contributed by atoms with Crippen molar-refractivity contribution in [2.45, 2.75) is 317 Å². The van der Waals surface area contributed by atoms with Gasteiger partial charge in [-0.2, -0.15) is 17.3 Å². The molecule has 0 unspecified atom stereocenters. The van der Waals surface area contributed by atoms with E-state index in [1.54, 1.807) is 0 Å². The fourth-order valence-electron chi connectivity index (χ4n) is 9.52. The van der Waals surface area contributed by atoms with Crippen LogP contribution in [0, 0.1) is 0 Å². The molecule has 0 N–H and O–H groups in total. The highest BCUT2D eigenvalue weighted by atomic mass is 32.2. The first-order chi connectivity index (χ1) is 31.3. The van der Waals surface area contributed by atoms with Crippen molar-refractivity contribution in [3.05, 3.63) is 0 Å². The molecule has 0 saturated carbocycles. The van der Waals surface area contributed by atoms with Gasteiger partial charge < -0.3 is 4.55 Å². The molecular formula is C55H114F3NO3P2S. The van der Waals surface area contributed by atoms with Crippen molar-refractivity contribution in [2.24, 2.45) is 0 Å². The lowest BCUT2D eigenvalue weighted by Gasteiger charge is -2.20. The van der Waals surface area contributed by atoms with E-state index in [4.69, 9.17) is 17.1 Å². The SMILES string of the molecule is CCCCCCCCCP(CCCCCCCCC)(CCCCCCCCC)=[N+]=P(CCCCCCCCC)(CCCCCCCCC)CCCCCCCCC.O=S(=O)([O-])C(F)(F)F. The molecule has 0 aliphatic heterocycles. The fraction of sp³-hybridized carbons (Fsp3) is 1.00. The highest BCUT2D eigenvalue weighted by Crippen LogP contribution is 2.56. The largest absolute Gasteiger partial charge is 0.741 e. The summed E-state index contributed by atoms with van der Waals surface area (Å²) < 4.78 is 65.7. The lowest BCUT2D eigenvalue weighted by Crippen LogP contribution is -2.21. The number of hydrogen-bond donors (Lipinski definition) is 0. The van der Waals surface area contributed by atoms with Crippen molar-refractivity contribution in [3.8, 4) is 0 Å². The molecule has 4 nitrogen and oxygen atoms in total. The van der Waals surface area contributed by atoms with Gasteiger partial charge in [-0.05, 0) is 38.5 Å². The van der Waals surface area contributed by atoms with Crippen molar-refractivity contribution < 1.29 is 26.1 Å². The fourth-order valence-corrected chi connectivity index (χ4v) is 21.1. The topological polar surface area (TPSA) is 71.3 Å². The summed E-state index contributed by atoms with van der Waals surface area (Å²) in [5.74, 6) is 0. The van der Waals surface area contributed by atoms with Crippen LogP contribution in [0.3, 0.4) is 0 Å². The molecule has 394 valence electrons. The van der Waals surface area contributed by atoms with Gasteiger partial charge in [-0.15, -0.1) is 0 Å². The molecule has 65 heavy (non-hydrogen) atoms. The van der Waals surface area contributed by atoms with Crippen LogP contribution in [0.4, 0.5) is 13.2 Å². The molecule has 0 fully saturated rings. The Balaban J connectivity index is 0. The molecule has 0 aromatic carbocycles. The summed E-state index contributed by atoms with van der Waals surface area (Å²) in [4.78, 5) is 0. The summed E-state index contributed by atoms with van der Waals surface area (Å²) in [7, 11) is -8.77. The highest BCUT2D eigenvalue weighted by Gasteiger charge is 2.37. The molecule has 0 aromatic heterocycles. The van der Waals surface area contributed by atoms with E-state index in [-0.39, 0.29) is 0 Å². The highest BCUT2D eigenvalue weighted by molar-refractivity contribution is 7.86. The van der Waals surface area contributed by atoms with Gasteiger partial charge >= 0.3 is 5.51 Å². The van der Waals surface area contributed by atoms with E-state index < -0.39 is 29.7 Å². The van der Waals surface area contributed by atoms with Crippen LogP contribution < -0.4 is 4.17 Å². The molecule has 0 heterocycles. The minimum atomic E-state index is -6.09. The van der Waals surface area contributed by atoms with Gasteiger partial charge in [0.25, 0.3) is 0 Å². The van der Waals surface area contributed by atoms with Crippen molar-refractivity contribution in [2.75, 3.05) is 37.0 Å². The minimum absolute atomic E-state index is 1.34. The molecule has 0 amide bonds. The van der Waals surface area contributed by atoms with Gasteiger partial charge in [0.2, 0.25) is 14.1 Å². The van der Waals surface area contributed by atoms with E-state index in [9.17, 15) is 13.2 Å². The maximum Gasteiger partial charge on any atom is 0.485 e. The van der Waals surface area contributed by atoms with Gasteiger partial charge in [0.05, 0.1) is 0 Å². The van der Waals surface area contributed by atoms with E-state index in [1.807, 2.05) is 0 Å². The van der Waals surface area contributed by atoms with Gasteiger partial charge in [-0.25, -0.2) is 8.42 Å². The molecule has 10 heteroatoms. The third-order valence-electron chi connectivity index (χ3n) is 13.7. The third-order valence-corrected chi connectivity index (χ3v) is 24.2. The Bertz CT molecular complexity index is 1050. The average molecular weight is 989 g/mol. The number of alkyl halides is 3. The van der Waals surface area contributed by atoms with Gasteiger partial charge in [-0.3, -0.25) is 0 Å². The normalized spacial score (nSPS) is 12.4. The zero-order chi connectivity index (χ0) is 48.6. The van der Waals surface area contributed by atoms with Crippen LogP contribution in [0.25, 0.3) is 0 Å². The molecule has 0 radical (unpaired) electrons. The smallest absolute Gasteiger partial charge is 0.485 e.